The fraction of sp³-hybridized carbons (Fsp3) is 0.0217. The van der Waals surface area contributed by atoms with Gasteiger partial charge in [-0.3, -0.25) is 0 Å². The van der Waals surface area contributed by atoms with E-state index in [0.717, 1.165) is 44.4 Å². The lowest BCUT2D eigenvalue weighted by Crippen LogP contribution is -2.03. The molecular weight excluding hydrogens is 595 g/mol. The molecule has 0 radical (unpaired) electrons. The minimum absolute atomic E-state index is 0.582. The molecular formula is C46H33N3. The Hall–Kier alpha value is -6.45. The van der Waals surface area contributed by atoms with E-state index in [1.807, 2.05) is 60.7 Å². The van der Waals surface area contributed by atoms with Crippen molar-refractivity contribution in [2.45, 2.75) is 6.92 Å². The number of allylic oxidation sites excluding steroid dienone is 5. The van der Waals surface area contributed by atoms with Crippen LogP contribution in [0.1, 0.15) is 23.9 Å². The standard InChI is InChI=1S/C46H33N3/c1-31(38-27-15-22-33-16-9-11-23-39(33)38)28-37(29-32(2)43-30-36-21-10-12-24-40(36)41-25-13-14-26-42(41)43)46-48-44(34-17-5-3-6-18-34)47-45(49-46)35-19-7-4-8-20-35/h3-30H,2H2,1H3/b31-28+,37-29+. The quantitative estimate of drug-likeness (QED) is 0.130. The second-order valence-corrected chi connectivity index (χ2v) is 12.2. The average Bonchev–Trinajstić information content (AvgIpc) is 3.17. The molecule has 0 saturated heterocycles. The lowest BCUT2D eigenvalue weighted by Gasteiger charge is -2.14. The van der Waals surface area contributed by atoms with Crippen LogP contribution in [0.5, 0.6) is 0 Å². The number of aromatic nitrogens is 3. The first-order chi connectivity index (χ1) is 24.1. The van der Waals surface area contributed by atoms with Crippen LogP contribution in [-0.4, -0.2) is 15.0 Å². The van der Waals surface area contributed by atoms with Crippen molar-refractivity contribution < 1.29 is 0 Å². The van der Waals surface area contributed by atoms with Crippen LogP contribution >= 0.6 is 0 Å². The van der Waals surface area contributed by atoms with Crippen molar-refractivity contribution in [1.82, 2.24) is 15.0 Å². The summed E-state index contributed by atoms with van der Waals surface area (Å²) in [6.45, 7) is 6.82. The van der Waals surface area contributed by atoms with Crippen LogP contribution in [0.3, 0.4) is 0 Å². The molecule has 0 aliphatic heterocycles. The summed E-state index contributed by atoms with van der Waals surface area (Å²) in [5, 5.41) is 7.15. The normalized spacial score (nSPS) is 12.1. The van der Waals surface area contributed by atoms with E-state index in [2.05, 4.69) is 123 Å². The van der Waals surface area contributed by atoms with Crippen molar-refractivity contribution in [3.05, 3.63) is 193 Å². The Labute approximate surface area is 286 Å². The lowest BCUT2D eigenvalue weighted by atomic mass is 9.92. The van der Waals surface area contributed by atoms with Gasteiger partial charge in [0.05, 0.1) is 0 Å². The molecule has 0 amide bonds. The van der Waals surface area contributed by atoms with Gasteiger partial charge in [0.15, 0.2) is 17.5 Å². The van der Waals surface area contributed by atoms with Crippen molar-refractivity contribution in [3.8, 4) is 22.8 Å². The van der Waals surface area contributed by atoms with Gasteiger partial charge in [0.1, 0.15) is 0 Å². The van der Waals surface area contributed by atoms with Crippen LogP contribution in [0.2, 0.25) is 0 Å². The summed E-state index contributed by atoms with van der Waals surface area (Å²) >= 11 is 0. The van der Waals surface area contributed by atoms with E-state index in [4.69, 9.17) is 15.0 Å². The molecule has 0 spiro atoms. The van der Waals surface area contributed by atoms with Gasteiger partial charge in [-0.1, -0.05) is 158 Å². The van der Waals surface area contributed by atoms with Gasteiger partial charge in [0.2, 0.25) is 0 Å². The van der Waals surface area contributed by atoms with Crippen molar-refractivity contribution in [2.75, 3.05) is 0 Å². The van der Waals surface area contributed by atoms with E-state index in [1.165, 1.54) is 26.9 Å². The van der Waals surface area contributed by atoms with Crippen LogP contribution in [0.25, 0.3) is 71.8 Å². The molecule has 3 heteroatoms. The van der Waals surface area contributed by atoms with Crippen LogP contribution in [0.4, 0.5) is 0 Å². The molecule has 7 aromatic carbocycles. The van der Waals surface area contributed by atoms with E-state index in [0.29, 0.717) is 17.5 Å². The smallest absolute Gasteiger partial charge is 0.164 e. The first-order valence-electron chi connectivity index (χ1n) is 16.5. The maximum Gasteiger partial charge on any atom is 0.164 e. The third-order valence-electron chi connectivity index (χ3n) is 8.99. The number of rotatable bonds is 7. The molecule has 0 aliphatic carbocycles. The number of fused-ring (bicyclic) bond motifs is 4. The van der Waals surface area contributed by atoms with Crippen LogP contribution in [0.15, 0.2) is 176 Å². The molecule has 0 unspecified atom stereocenters. The van der Waals surface area contributed by atoms with E-state index >= 15 is 0 Å². The number of nitrogens with zero attached hydrogens (tertiary/aromatic N) is 3. The van der Waals surface area contributed by atoms with E-state index in [-0.39, 0.29) is 0 Å². The summed E-state index contributed by atoms with van der Waals surface area (Å²) in [7, 11) is 0. The Balaban J connectivity index is 1.37. The van der Waals surface area contributed by atoms with Gasteiger partial charge in [0, 0.05) is 16.7 Å². The summed E-state index contributed by atoms with van der Waals surface area (Å²) in [6.07, 6.45) is 4.32. The van der Waals surface area contributed by atoms with Crippen molar-refractivity contribution in [3.63, 3.8) is 0 Å². The minimum Gasteiger partial charge on any atom is -0.208 e. The highest BCUT2D eigenvalue weighted by Crippen LogP contribution is 2.35. The van der Waals surface area contributed by atoms with Gasteiger partial charge < -0.3 is 0 Å². The molecule has 0 bridgehead atoms. The van der Waals surface area contributed by atoms with E-state index < -0.39 is 0 Å². The maximum absolute atomic E-state index is 5.12. The molecule has 8 aromatic rings. The van der Waals surface area contributed by atoms with Gasteiger partial charge in [-0.15, -0.1) is 0 Å². The largest absolute Gasteiger partial charge is 0.208 e. The highest BCUT2D eigenvalue weighted by atomic mass is 15.0. The van der Waals surface area contributed by atoms with Crippen molar-refractivity contribution in [2.24, 2.45) is 0 Å². The number of hydrogen-bond acceptors (Lipinski definition) is 3. The summed E-state index contributed by atoms with van der Waals surface area (Å²) in [5.74, 6) is 1.82. The second-order valence-electron chi connectivity index (χ2n) is 12.2. The Kier molecular flexibility index (Phi) is 7.93. The fourth-order valence-corrected chi connectivity index (χ4v) is 6.57. The zero-order valence-electron chi connectivity index (χ0n) is 27.2. The minimum atomic E-state index is 0.582. The molecule has 49 heavy (non-hydrogen) atoms. The van der Waals surface area contributed by atoms with Gasteiger partial charge in [-0.2, -0.15) is 0 Å². The number of hydrogen-bond donors (Lipinski definition) is 0. The molecule has 8 rings (SSSR count). The molecule has 3 nitrogen and oxygen atoms in total. The Morgan fingerprint density at radius 2 is 1.00 bits per heavy atom. The average molecular weight is 628 g/mol. The highest BCUT2D eigenvalue weighted by molar-refractivity contribution is 6.13. The monoisotopic (exact) mass is 627 g/mol. The summed E-state index contributed by atoms with van der Waals surface area (Å²) < 4.78 is 0. The fourth-order valence-electron chi connectivity index (χ4n) is 6.57. The molecule has 232 valence electrons. The number of benzene rings is 7. The van der Waals surface area contributed by atoms with Crippen LogP contribution in [-0.2, 0) is 0 Å². The molecule has 0 aliphatic rings. The Morgan fingerprint density at radius 1 is 0.469 bits per heavy atom. The van der Waals surface area contributed by atoms with Crippen molar-refractivity contribution in [1.29, 1.82) is 0 Å². The van der Waals surface area contributed by atoms with E-state index in [1.54, 1.807) is 0 Å². The van der Waals surface area contributed by atoms with Crippen LogP contribution in [0, 0.1) is 0 Å². The molecule has 0 fully saturated rings. The highest BCUT2D eigenvalue weighted by Gasteiger charge is 2.16. The first kappa shape index (κ1) is 29.9. The van der Waals surface area contributed by atoms with Gasteiger partial charge in [-0.05, 0) is 79.7 Å². The molecule has 1 aromatic heterocycles. The SMILES string of the molecule is C=C(/C=C(\C=C(/C)c1cccc2ccccc12)c1nc(-c2ccccc2)nc(-c2ccccc2)n1)c1cc2ccccc2c2ccccc12. The first-order valence-corrected chi connectivity index (χ1v) is 16.5. The molecule has 0 atom stereocenters. The van der Waals surface area contributed by atoms with Crippen LogP contribution < -0.4 is 0 Å². The Bertz CT molecular complexity index is 2500. The van der Waals surface area contributed by atoms with Gasteiger partial charge in [-0.25, -0.2) is 15.0 Å². The zero-order chi connectivity index (χ0) is 33.2. The zero-order valence-corrected chi connectivity index (χ0v) is 27.2. The Morgan fingerprint density at radius 3 is 1.67 bits per heavy atom. The van der Waals surface area contributed by atoms with Gasteiger partial charge >= 0.3 is 0 Å². The third-order valence-corrected chi connectivity index (χ3v) is 8.99. The lowest BCUT2D eigenvalue weighted by molar-refractivity contribution is 1.04. The predicted molar refractivity (Wildman–Crippen MR) is 207 cm³/mol. The topological polar surface area (TPSA) is 38.7 Å². The summed E-state index contributed by atoms with van der Waals surface area (Å²) in [5.41, 5.74) is 6.91. The third kappa shape index (κ3) is 5.95. The maximum atomic E-state index is 5.12. The summed E-state index contributed by atoms with van der Waals surface area (Å²) in [4.78, 5) is 15.2. The van der Waals surface area contributed by atoms with E-state index in [9.17, 15) is 0 Å². The van der Waals surface area contributed by atoms with Crippen molar-refractivity contribution >= 4 is 49.0 Å². The molecule has 1 heterocycles. The summed E-state index contributed by atoms with van der Waals surface area (Å²) in [6, 6.07) is 54.5. The van der Waals surface area contributed by atoms with Gasteiger partial charge in [0.25, 0.3) is 0 Å². The second kappa shape index (κ2) is 13.0. The molecule has 0 N–H and O–H groups in total. The predicted octanol–water partition coefficient (Wildman–Crippen LogP) is 11.9. The molecule has 0 saturated carbocycles.